The van der Waals surface area contributed by atoms with Crippen LogP contribution in [0.5, 0.6) is 5.75 Å². The largest absolute Gasteiger partial charge is 0.378 e. The molecule has 104 valence electrons. The number of carbonyl (C=O) groups is 2. The van der Waals surface area contributed by atoms with Crippen molar-refractivity contribution in [3.63, 3.8) is 0 Å². The summed E-state index contributed by atoms with van der Waals surface area (Å²) in [6.07, 6.45) is -0.298. The molecule has 0 radical (unpaired) electrons. The molecule has 2 N–H and O–H groups in total. The first-order valence-corrected chi connectivity index (χ1v) is 6.59. The molecule has 1 atom stereocenters. The molecule has 8 heteroatoms. The van der Waals surface area contributed by atoms with E-state index in [0.29, 0.717) is 10.6 Å². The second-order valence-electron chi connectivity index (χ2n) is 3.82. The van der Waals surface area contributed by atoms with Gasteiger partial charge in [0, 0.05) is 5.02 Å². The van der Waals surface area contributed by atoms with E-state index in [0.717, 1.165) is 0 Å². The van der Waals surface area contributed by atoms with Crippen LogP contribution in [0.1, 0.15) is 18.9 Å². The maximum atomic E-state index is 11.5. The second-order valence-corrected chi connectivity index (χ2v) is 4.83. The van der Waals surface area contributed by atoms with E-state index in [9.17, 15) is 13.8 Å². The number of hydrogen-bond acceptors (Lipinski definition) is 4. The van der Waals surface area contributed by atoms with Crippen molar-refractivity contribution >= 4 is 40.3 Å². The number of Topliss-reactive ketones (excluding diaryl/α,β-unsaturated/α-hetero) is 1. The fourth-order valence-electron chi connectivity index (χ4n) is 1.32. The number of aryl methyl sites for hydroxylation is 1. The van der Waals surface area contributed by atoms with Crippen molar-refractivity contribution in [2.75, 3.05) is 5.32 Å². The average Bonchev–Trinajstić information content (AvgIpc) is 2.23. The summed E-state index contributed by atoms with van der Waals surface area (Å²) in [5, 5.41) is 2.76. The first kappa shape index (κ1) is 15.6. The molecule has 0 aliphatic carbocycles. The Bertz CT molecular complexity index is 546. The minimum absolute atomic E-state index is 0.000338. The molecule has 0 saturated heterocycles. The van der Waals surface area contributed by atoms with Crippen LogP contribution < -0.4 is 9.50 Å². The molecule has 19 heavy (non-hydrogen) atoms. The summed E-state index contributed by atoms with van der Waals surface area (Å²) in [5.41, 5.74) is 0.746. The molecular weight excluding hydrogens is 294 g/mol. The first-order valence-electron chi connectivity index (χ1n) is 5.18. The van der Waals surface area contributed by atoms with Gasteiger partial charge in [0.05, 0.1) is 12.1 Å². The molecule has 1 aromatic rings. The summed E-state index contributed by atoms with van der Waals surface area (Å²) in [4.78, 5) is 22.3. The molecule has 0 aliphatic rings. The van der Waals surface area contributed by atoms with Crippen LogP contribution in [0.15, 0.2) is 12.1 Å². The molecular formula is C11H12ClNO5S. The molecule has 1 rings (SSSR count). The third-order valence-electron chi connectivity index (χ3n) is 2.11. The van der Waals surface area contributed by atoms with Gasteiger partial charge in [-0.15, -0.1) is 0 Å². The van der Waals surface area contributed by atoms with Gasteiger partial charge in [0.25, 0.3) is 0 Å². The molecule has 0 aliphatic heterocycles. The monoisotopic (exact) mass is 305 g/mol. The maximum Gasteiger partial charge on any atom is 0.357 e. The molecule has 0 bridgehead atoms. The van der Waals surface area contributed by atoms with Crippen LogP contribution in [-0.4, -0.2) is 20.5 Å². The van der Waals surface area contributed by atoms with Gasteiger partial charge in [-0.3, -0.25) is 14.1 Å². The molecule has 0 saturated carbocycles. The average molecular weight is 306 g/mol. The van der Waals surface area contributed by atoms with E-state index in [2.05, 4.69) is 9.50 Å². The van der Waals surface area contributed by atoms with Gasteiger partial charge in [-0.2, -0.15) is 4.21 Å². The number of carbonyl (C=O) groups excluding carboxylic acids is 2. The third kappa shape index (κ3) is 4.98. The first-order chi connectivity index (χ1) is 8.79. The van der Waals surface area contributed by atoms with Gasteiger partial charge < -0.3 is 9.50 Å². The van der Waals surface area contributed by atoms with Crippen molar-refractivity contribution < 1.29 is 22.5 Å². The molecule has 0 aromatic heterocycles. The van der Waals surface area contributed by atoms with E-state index in [1.165, 1.54) is 19.1 Å². The van der Waals surface area contributed by atoms with Gasteiger partial charge >= 0.3 is 11.4 Å². The third-order valence-corrected chi connectivity index (χ3v) is 2.83. The zero-order valence-electron chi connectivity index (χ0n) is 10.2. The van der Waals surface area contributed by atoms with Crippen molar-refractivity contribution in [3.8, 4) is 5.75 Å². The smallest absolute Gasteiger partial charge is 0.357 e. The second kappa shape index (κ2) is 6.65. The summed E-state index contributed by atoms with van der Waals surface area (Å²) in [7, 11) is 0. The van der Waals surface area contributed by atoms with E-state index in [1.807, 2.05) is 0 Å². The number of halogens is 1. The summed E-state index contributed by atoms with van der Waals surface area (Å²) in [6.45, 7) is 2.96. The van der Waals surface area contributed by atoms with Crippen LogP contribution in [0.25, 0.3) is 0 Å². The molecule has 0 heterocycles. The Morgan fingerprint density at radius 3 is 2.63 bits per heavy atom. The van der Waals surface area contributed by atoms with E-state index in [1.54, 1.807) is 6.92 Å². The van der Waals surface area contributed by atoms with Crippen molar-refractivity contribution in [1.82, 2.24) is 0 Å². The summed E-state index contributed by atoms with van der Waals surface area (Å²) >= 11 is 3.37. The fourth-order valence-corrected chi connectivity index (χ4v) is 1.77. The Morgan fingerprint density at radius 1 is 1.47 bits per heavy atom. The molecule has 0 fully saturated rings. The lowest BCUT2D eigenvalue weighted by Gasteiger charge is -2.11. The minimum Gasteiger partial charge on any atom is -0.378 e. The number of anilines is 1. The number of nitrogens with one attached hydrogen (secondary N) is 1. The lowest BCUT2D eigenvalue weighted by Crippen LogP contribution is -2.16. The predicted octanol–water partition coefficient (Wildman–Crippen LogP) is 2.08. The van der Waals surface area contributed by atoms with Gasteiger partial charge in [0.15, 0.2) is 5.75 Å². The number of amides is 1. The molecule has 1 aromatic carbocycles. The highest BCUT2D eigenvalue weighted by Gasteiger charge is 2.14. The van der Waals surface area contributed by atoms with Crippen LogP contribution in [0.2, 0.25) is 5.02 Å². The fraction of sp³-hybridized carbons (Fsp3) is 0.273. The molecule has 1 unspecified atom stereocenters. The van der Waals surface area contributed by atoms with Crippen molar-refractivity contribution in [1.29, 1.82) is 0 Å². The summed E-state index contributed by atoms with van der Waals surface area (Å²) in [6, 6.07) is 2.80. The number of hydrogen-bond donors (Lipinski definition) is 2. The quantitative estimate of drug-likeness (QED) is 0.642. The van der Waals surface area contributed by atoms with Crippen molar-refractivity contribution in [3.05, 3.63) is 22.7 Å². The zero-order chi connectivity index (χ0) is 14.6. The van der Waals surface area contributed by atoms with E-state index in [-0.39, 0.29) is 23.6 Å². The highest BCUT2D eigenvalue weighted by Crippen LogP contribution is 2.31. The van der Waals surface area contributed by atoms with Crippen LogP contribution >= 0.6 is 11.6 Å². The lowest BCUT2D eigenvalue weighted by molar-refractivity contribution is -0.124. The van der Waals surface area contributed by atoms with E-state index >= 15 is 0 Å². The van der Waals surface area contributed by atoms with E-state index < -0.39 is 17.3 Å². The Labute approximate surface area is 117 Å². The Balaban J connectivity index is 3.03. The molecule has 0 spiro atoms. The number of benzene rings is 1. The Hall–Kier alpha value is -1.44. The van der Waals surface area contributed by atoms with Gasteiger partial charge in [0.2, 0.25) is 5.91 Å². The molecule has 1 amide bonds. The van der Waals surface area contributed by atoms with Crippen molar-refractivity contribution in [2.45, 2.75) is 20.3 Å². The normalized spacial score (nSPS) is 11.8. The lowest BCUT2D eigenvalue weighted by atomic mass is 10.2. The van der Waals surface area contributed by atoms with Crippen molar-refractivity contribution in [2.24, 2.45) is 0 Å². The van der Waals surface area contributed by atoms with E-state index in [4.69, 9.17) is 16.2 Å². The Kier molecular flexibility index (Phi) is 5.46. The van der Waals surface area contributed by atoms with Crippen LogP contribution in [-0.2, 0) is 21.0 Å². The topological polar surface area (TPSA) is 92.7 Å². The SMILES string of the molecule is CC(=O)CC(=O)Nc1cc(Cl)c(C)cc1OS(=O)O. The highest BCUT2D eigenvalue weighted by molar-refractivity contribution is 7.74. The molecule has 6 nitrogen and oxygen atoms in total. The number of ketones is 1. The predicted molar refractivity (Wildman–Crippen MR) is 71.5 cm³/mol. The maximum absolute atomic E-state index is 11.5. The zero-order valence-corrected chi connectivity index (χ0v) is 11.8. The van der Waals surface area contributed by atoms with Gasteiger partial charge in [-0.05, 0) is 31.5 Å². The van der Waals surface area contributed by atoms with Crippen LogP contribution in [0.4, 0.5) is 5.69 Å². The summed E-state index contributed by atoms with van der Waals surface area (Å²) < 4.78 is 24.0. The van der Waals surface area contributed by atoms with Crippen LogP contribution in [0.3, 0.4) is 0 Å². The summed E-state index contributed by atoms with van der Waals surface area (Å²) in [5.74, 6) is -0.857. The van der Waals surface area contributed by atoms with Gasteiger partial charge in [0.1, 0.15) is 5.78 Å². The highest BCUT2D eigenvalue weighted by atomic mass is 35.5. The standard InChI is InChI=1S/C11H12ClNO5S/c1-6-3-10(18-19(16)17)9(5-8(6)12)13-11(15)4-7(2)14/h3,5H,4H2,1-2H3,(H,13,15)(H,16,17). The van der Waals surface area contributed by atoms with Gasteiger partial charge in [-0.1, -0.05) is 11.6 Å². The number of rotatable bonds is 5. The van der Waals surface area contributed by atoms with Gasteiger partial charge in [-0.25, -0.2) is 0 Å². The van der Waals surface area contributed by atoms with Crippen LogP contribution in [0, 0.1) is 6.92 Å². The Morgan fingerprint density at radius 2 is 2.11 bits per heavy atom. The minimum atomic E-state index is -2.53.